The molecule has 1 aliphatic carbocycles. The molecule has 0 aromatic rings. The Balaban J connectivity index is 0.000000754. The van der Waals surface area contributed by atoms with Crippen LogP contribution >= 0.6 is 0 Å². The van der Waals surface area contributed by atoms with Gasteiger partial charge in [-0.3, -0.25) is 4.79 Å². The van der Waals surface area contributed by atoms with Crippen LogP contribution in [0, 0.1) is 5.41 Å². The second kappa shape index (κ2) is 10.4. The van der Waals surface area contributed by atoms with E-state index in [1.807, 2.05) is 0 Å². The van der Waals surface area contributed by atoms with E-state index in [1.54, 1.807) is 0 Å². The molecule has 0 bridgehead atoms. The zero-order valence-corrected chi connectivity index (χ0v) is 12.9. The number of halogens is 5. The van der Waals surface area contributed by atoms with Gasteiger partial charge in [0.15, 0.2) is 34.9 Å². The highest BCUT2D eigenvalue weighted by Gasteiger charge is 2.58. The van der Waals surface area contributed by atoms with Crippen molar-refractivity contribution in [2.45, 2.75) is 31.9 Å². The molecule has 0 aromatic carbocycles. The Kier molecular flexibility index (Phi) is 9.71. The average molecular weight is 360 g/mol. The molecule has 0 fully saturated rings. The number of alkyl halides is 1. The van der Waals surface area contributed by atoms with Crippen LogP contribution in [0.1, 0.15) is 25.7 Å². The third-order valence-electron chi connectivity index (χ3n) is 3.41. The summed E-state index contributed by atoms with van der Waals surface area (Å²) in [5.74, 6) is -11.4. The lowest BCUT2D eigenvalue weighted by Crippen LogP contribution is -2.44. The van der Waals surface area contributed by atoms with Crippen molar-refractivity contribution < 1.29 is 37.0 Å². The van der Waals surface area contributed by atoms with Crippen LogP contribution in [0.25, 0.3) is 0 Å². The van der Waals surface area contributed by atoms with Gasteiger partial charge in [0.05, 0.1) is 0 Å². The van der Waals surface area contributed by atoms with E-state index < -0.39 is 60.3 Å². The van der Waals surface area contributed by atoms with E-state index >= 15 is 0 Å². The zero-order chi connectivity index (χ0) is 18.9. The Bertz CT molecular complexity index is 495. The van der Waals surface area contributed by atoms with Gasteiger partial charge in [-0.1, -0.05) is 0 Å². The monoisotopic (exact) mass is 360 g/mol. The van der Waals surface area contributed by atoms with Gasteiger partial charge in [-0.15, -0.1) is 0 Å². The second-order valence-electron chi connectivity index (χ2n) is 5.04. The van der Waals surface area contributed by atoms with Crippen LogP contribution in [-0.4, -0.2) is 42.1 Å². The lowest BCUT2D eigenvalue weighted by atomic mass is 9.74. The minimum atomic E-state index is -3.18. The number of aliphatic carboxylic acids is 1. The molecular formula is C14H21F5N2O3. The fourth-order valence-corrected chi connectivity index (χ4v) is 2.03. The van der Waals surface area contributed by atoms with E-state index in [-0.39, 0.29) is 0 Å². The quantitative estimate of drug-likeness (QED) is 0.411. The highest BCUT2D eigenvalue weighted by Crippen LogP contribution is 2.50. The molecular weight excluding hydrogens is 339 g/mol. The summed E-state index contributed by atoms with van der Waals surface area (Å²) >= 11 is 0. The standard InChI is InChI=1S/C10H9F5O3.C4H12N2/c11-4-5(12)7(14)10(9(17)18,2-1-3-16)8(15)6(4)13;5-3-1-2-4-6/h7,16H,1-3H2,(H,17,18);1-6H2. The number of carboxylic acid groups (broad SMARTS) is 1. The van der Waals surface area contributed by atoms with Gasteiger partial charge in [-0.05, 0) is 38.8 Å². The minimum absolute atomic E-state index is 0.414. The van der Waals surface area contributed by atoms with Crippen molar-refractivity contribution in [2.75, 3.05) is 19.7 Å². The number of rotatable bonds is 7. The predicted octanol–water partition coefficient (Wildman–Crippen LogP) is 2.17. The van der Waals surface area contributed by atoms with Crippen LogP contribution in [0.15, 0.2) is 23.3 Å². The van der Waals surface area contributed by atoms with Crippen molar-refractivity contribution in [2.24, 2.45) is 16.9 Å². The summed E-state index contributed by atoms with van der Waals surface area (Å²) in [6.45, 7) is 0.916. The molecule has 0 aliphatic heterocycles. The molecule has 0 radical (unpaired) electrons. The van der Waals surface area contributed by atoms with E-state index in [9.17, 15) is 26.7 Å². The number of carboxylic acids is 1. The normalized spacial score (nSPS) is 23.9. The average Bonchev–Trinajstić information content (AvgIpc) is 2.57. The summed E-state index contributed by atoms with van der Waals surface area (Å²) in [5.41, 5.74) is 7.14. The molecule has 0 saturated heterocycles. The molecule has 1 aliphatic rings. The molecule has 140 valence electrons. The molecule has 10 heteroatoms. The third kappa shape index (κ3) is 4.74. The number of unbranched alkanes of at least 4 members (excludes halogenated alkanes) is 1. The van der Waals surface area contributed by atoms with E-state index in [1.165, 1.54) is 0 Å². The van der Waals surface area contributed by atoms with Crippen molar-refractivity contribution >= 4 is 5.97 Å². The summed E-state index contributed by atoms with van der Waals surface area (Å²) in [5, 5.41) is 17.3. The highest BCUT2D eigenvalue weighted by molar-refractivity contribution is 5.80. The molecule has 2 atom stereocenters. The smallest absolute Gasteiger partial charge is 0.320 e. The number of carbonyl (C=O) groups is 1. The predicted molar refractivity (Wildman–Crippen MR) is 77.1 cm³/mol. The van der Waals surface area contributed by atoms with Crippen LogP contribution in [-0.2, 0) is 4.79 Å². The van der Waals surface area contributed by atoms with E-state index in [0.717, 1.165) is 25.9 Å². The summed E-state index contributed by atoms with van der Waals surface area (Å²) < 4.78 is 65.9. The molecule has 5 nitrogen and oxygen atoms in total. The Morgan fingerprint density at radius 2 is 1.54 bits per heavy atom. The lowest BCUT2D eigenvalue weighted by molar-refractivity contribution is -0.152. The summed E-state index contributed by atoms with van der Waals surface area (Å²) in [7, 11) is 0. The van der Waals surface area contributed by atoms with Gasteiger partial charge in [-0.2, -0.15) is 0 Å². The number of aliphatic hydroxyl groups excluding tert-OH is 1. The number of allylic oxidation sites excluding steroid dienone is 3. The molecule has 24 heavy (non-hydrogen) atoms. The first-order valence-electron chi connectivity index (χ1n) is 7.22. The van der Waals surface area contributed by atoms with Crippen LogP contribution in [0.5, 0.6) is 0 Å². The Morgan fingerprint density at radius 3 is 1.92 bits per heavy atom. The lowest BCUT2D eigenvalue weighted by Gasteiger charge is -2.32. The number of nitrogens with two attached hydrogens (primary N) is 2. The van der Waals surface area contributed by atoms with E-state index in [2.05, 4.69) is 0 Å². The molecule has 0 aromatic heterocycles. The fraction of sp³-hybridized carbons (Fsp3) is 0.643. The molecule has 2 unspecified atom stereocenters. The highest BCUT2D eigenvalue weighted by atomic mass is 19.2. The van der Waals surface area contributed by atoms with E-state index in [4.69, 9.17) is 21.7 Å². The first-order chi connectivity index (χ1) is 11.2. The van der Waals surface area contributed by atoms with Gasteiger partial charge in [0.2, 0.25) is 0 Å². The molecule has 0 spiro atoms. The van der Waals surface area contributed by atoms with Crippen molar-refractivity contribution in [3.8, 4) is 0 Å². The summed E-state index contributed by atoms with van der Waals surface area (Å²) in [6.07, 6.45) is -2.36. The molecule has 1 rings (SSSR count). The number of hydrogen-bond acceptors (Lipinski definition) is 4. The Morgan fingerprint density at radius 1 is 1.04 bits per heavy atom. The van der Waals surface area contributed by atoms with Gasteiger partial charge in [0.25, 0.3) is 0 Å². The van der Waals surface area contributed by atoms with Crippen LogP contribution in [0.3, 0.4) is 0 Å². The molecule has 0 saturated carbocycles. The van der Waals surface area contributed by atoms with Gasteiger partial charge >= 0.3 is 5.97 Å². The first-order valence-corrected chi connectivity index (χ1v) is 7.22. The maximum Gasteiger partial charge on any atom is 0.320 e. The topological polar surface area (TPSA) is 110 Å². The maximum atomic E-state index is 13.6. The third-order valence-corrected chi connectivity index (χ3v) is 3.41. The largest absolute Gasteiger partial charge is 0.480 e. The van der Waals surface area contributed by atoms with Gasteiger partial charge in [0.1, 0.15) is 0 Å². The maximum absolute atomic E-state index is 13.6. The van der Waals surface area contributed by atoms with Crippen LogP contribution in [0.2, 0.25) is 0 Å². The molecule has 0 heterocycles. The van der Waals surface area contributed by atoms with Crippen molar-refractivity contribution in [3.05, 3.63) is 23.3 Å². The Labute approximate surface area is 135 Å². The fourth-order valence-electron chi connectivity index (χ4n) is 2.03. The minimum Gasteiger partial charge on any atom is -0.480 e. The van der Waals surface area contributed by atoms with Crippen LogP contribution in [0.4, 0.5) is 22.0 Å². The second-order valence-corrected chi connectivity index (χ2v) is 5.04. The van der Waals surface area contributed by atoms with Crippen molar-refractivity contribution in [1.29, 1.82) is 0 Å². The zero-order valence-electron chi connectivity index (χ0n) is 12.9. The molecule has 6 N–H and O–H groups in total. The number of aliphatic hydroxyl groups is 1. The van der Waals surface area contributed by atoms with Crippen molar-refractivity contribution in [3.63, 3.8) is 0 Å². The van der Waals surface area contributed by atoms with Gasteiger partial charge in [-0.25, -0.2) is 22.0 Å². The van der Waals surface area contributed by atoms with Crippen LogP contribution < -0.4 is 11.5 Å². The van der Waals surface area contributed by atoms with Gasteiger partial charge in [0, 0.05) is 6.61 Å². The van der Waals surface area contributed by atoms with Gasteiger partial charge < -0.3 is 21.7 Å². The summed E-state index contributed by atoms with van der Waals surface area (Å²) in [6, 6.07) is 0. The SMILES string of the molecule is NCCCCN.O=C(O)C1(CCCO)C(F)=C(F)C(F)=C(F)C1F. The van der Waals surface area contributed by atoms with Crippen molar-refractivity contribution in [1.82, 2.24) is 0 Å². The van der Waals surface area contributed by atoms with E-state index in [0.29, 0.717) is 0 Å². The Hall–Kier alpha value is -1.52. The first kappa shape index (κ1) is 22.5. The number of hydrogen-bond donors (Lipinski definition) is 4. The summed E-state index contributed by atoms with van der Waals surface area (Å²) in [4.78, 5) is 10.9. The molecule has 0 amide bonds.